The predicted octanol–water partition coefficient (Wildman–Crippen LogP) is 6.09. The number of amides is 2. The first-order chi connectivity index (χ1) is 21.2. The molecule has 44 heavy (non-hydrogen) atoms. The minimum absolute atomic E-state index is 0.0671. The third-order valence-electron chi connectivity index (χ3n) is 7.87. The second-order valence-electron chi connectivity index (χ2n) is 11.1. The summed E-state index contributed by atoms with van der Waals surface area (Å²) in [5, 5.41) is 21.1. The summed E-state index contributed by atoms with van der Waals surface area (Å²) in [6.07, 6.45) is 2.03. The Kier molecular flexibility index (Phi) is 9.74. The number of aromatic nitrogens is 3. The Bertz CT molecular complexity index is 1640. The van der Waals surface area contributed by atoms with Gasteiger partial charge in [-0.15, -0.1) is 10.2 Å². The van der Waals surface area contributed by atoms with Crippen molar-refractivity contribution in [2.75, 3.05) is 25.4 Å². The van der Waals surface area contributed by atoms with Gasteiger partial charge in [0, 0.05) is 66.3 Å². The topological polar surface area (TPSA) is 114 Å². The van der Waals surface area contributed by atoms with E-state index in [1.807, 2.05) is 42.2 Å². The first kappa shape index (κ1) is 30.9. The molecule has 2 heterocycles. The molecule has 1 aliphatic heterocycles. The quantitative estimate of drug-likeness (QED) is 0.0921. The number of hydrogen-bond acceptors (Lipinski definition) is 7. The lowest BCUT2D eigenvalue weighted by Gasteiger charge is -2.40. The van der Waals surface area contributed by atoms with Crippen LogP contribution in [-0.4, -0.2) is 72.7 Å². The zero-order chi connectivity index (χ0) is 31.2. The molecule has 228 valence electrons. The number of thioether (sulfide) groups is 1. The summed E-state index contributed by atoms with van der Waals surface area (Å²) in [4.78, 5) is 40.5. The van der Waals surface area contributed by atoms with Crippen molar-refractivity contribution in [3.8, 4) is 17.1 Å². The minimum Gasteiger partial charge on any atom is -0.339 e. The van der Waals surface area contributed by atoms with Crippen LogP contribution in [0.4, 0.5) is 5.69 Å². The molecule has 1 aliphatic rings. The summed E-state index contributed by atoms with van der Waals surface area (Å²) in [7, 11) is 0. The van der Waals surface area contributed by atoms with Gasteiger partial charge < -0.3 is 9.80 Å². The van der Waals surface area contributed by atoms with Crippen molar-refractivity contribution in [2.24, 2.45) is 0 Å². The monoisotopic (exact) mass is 612 g/mol. The highest BCUT2D eigenvalue weighted by molar-refractivity contribution is 7.99. The lowest BCUT2D eigenvalue weighted by atomic mass is 10.1. The van der Waals surface area contributed by atoms with Crippen molar-refractivity contribution in [3.05, 3.63) is 99.6 Å². The number of nitrogens with zero attached hydrogens (tertiary/aromatic N) is 6. The zero-order valence-corrected chi connectivity index (χ0v) is 26.0. The molecular weight excluding hydrogens is 576 g/mol. The fraction of sp³-hybridized carbons (Fsp3) is 0.333. The van der Waals surface area contributed by atoms with E-state index in [-0.39, 0.29) is 23.5 Å². The largest absolute Gasteiger partial charge is 0.339 e. The Balaban J connectivity index is 1.13. The number of piperazine rings is 1. The average Bonchev–Trinajstić information content (AvgIpc) is 3.45. The fourth-order valence-corrected chi connectivity index (χ4v) is 6.30. The van der Waals surface area contributed by atoms with Gasteiger partial charge in [0.15, 0.2) is 11.0 Å². The van der Waals surface area contributed by atoms with Gasteiger partial charge in [0.1, 0.15) is 0 Å². The molecule has 5 rings (SSSR count). The molecule has 0 bridgehead atoms. The highest BCUT2D eigenvalue weighted by atomic mass is 32.2. The second kappa shape index (κ2) is 13.9. The maximum Gasteiger partial charge on any atom is 0.273 e. The van der Waals surface area contributed by atoms with E-state index < -0.39 is 4.92 Å². The summed E-state index contributed by atoms with van der Waals surface area (Å²) in [5.74, 6) is 1.42. The smallest absolute Gasteiger partial charge is 0.273 e. The maximum absolute atomic E-state index is 13.1. The second-order valence-corrected chi connectivity index (χ2v) is 12.2. The van der Waals surface area contributed by atoms with Crippen molar-refractivity contribution >= 4 is 29.3 Å². The standard InChI is InChI=1S/C33H36N6O4S/c1-23-12-15-26(16-13-23)31-34-35-33(38(31)28-9-5-4-6-10-28)44-20-8-7-11-30(40)36-18-19-37(25(3)22-36)32(41)27-17-14-24(2)29(21-27)39(42)43/h4-6,9-10,12-17,21,25H,7-8,11,18-20,22H2,1-3H3. The first-order valence-electron chi connectivity index (χ1n) is 14.8. The number of rotatable bonds is 10. The predicted molar refractivity (Wildman–Crippen MR) is 171 cm³/mol. The molecule has 10 nitrogen and oxygen atoms in total. The maximum atomic E-state index is 13.1. The van der Waals surface area contributed by atoms with E-state index >= 15 is 0 Å². The van der Waals surface area contributed by atoms with Crippen LogP contribution >= 0.6 is 11.8 Å². The van der Waals surface area contributed by atoms with E-state index in [9.17, 15) is 19.7 Å². The van der Waals surface area contributed by atoms with Crippen LogP contribution in [-0.2, 0) is 4.79 Å². The number of para-hydroxylation sites is 1. The SMILES string of the molecule is Cc1ccc(-c2nnc(SCCCCC(=O)N3CCN(C(=O)c4ccc(C)c([N+](=O)[O-])c4)C(C)C3)n2-c2ccccc2)cc1. The molecule has 1 saturated heterocycles. The highest BCUT2D eigenvalue weighted by Crippen LogP contribution is 2.29. The minimum atomic E-state index is -0.471. The molecule has 0 saturated carbocycles. The van der Waals surface area contributed by atoms with Gasteiger partial charge in [-0.2, -0.15) is 0 Å². The van der Waals surface area contributed by atoms with Gasteiger partial charge in [0.05, 0.1) is 4.92 Å². The van der Waals surface area contributed by atoms with Crippen LogP contribution in [0.25, 0.3) is 17.1 Å². The molecule has 0 spiro atoms. The Hall–Kier alpha value is -4.51. The first-order valence-corrected chi connectivity index (χ1v) is 15.8. The number of aryl methyl sites for hydroxylation is 2. The average molecular weight is 613 g/mol. The van der Waals surface area contributed by atoms with Gasteiger partial charge in [-0.1, -0.05) is 65.9 Å². The van der Waals surface area contributed by atoms with Crippen LogP contribution in [0.3, 0.4) is 0 Å². The molecule has 1 atom stereocenters. The van der Waals surface area contributed by atoms with Gasteiger partial charge in [-0.05, 0) is 51.8 Å². The van der Waals surface area contributed by atoms with E-state index in [4.69, 9.17) is 0 Å². The van der Waals surface area contributed by atoms with Gasteiger partial charge in [0.25, 0.3) is 11.6 Å². The molecular formula is C33H36N6O4S. The molecule has 0 aliphatic carbocycles. The summed E-state index contributed by atoms with van der Waals surface area (Å²) < 4.78 is 2.08. The number of unbranched alkanes of at least 4 members (excludes halogenated alkanes) is 1. The third kappa shape index (κ3) is 6.99. The van der Waals surface area contributed by atoms with Crippen molar-refractivity contribution in [3.63, 3.8) is 0 Å². The molecule has 0 radical (unpaired) electrons. The summed E-state index contributed by atoms with van der Waals surface area (Å²) in [6.45, 7) is 6.89. The number of hydrogen-bond donors (Lipinski definition) is 0. The molecule has 0 N–H and O–H groups in total. The van der Waals surface area contributed by atoms with Crippen molar-refractivity contribution in [2.45, 2.75) is 51.2 Å². The molecule has 3 aromatic carbocycles. The molecule has 2 amide bonds. The van der Waals surface area contributed by atoms with Crippen molar-refractivity contribution in [1.82, 2.24) is 24.6 Å². The molecule has 1 unspecified atom stereocenters. The number of nitro benzene ring substituents is 1. The fourth-order valence-electron chi connectivity index (χ4n) is 5.35. The highest BCUT2D eigenvalue weighted by Gasteiger charge is 2.31. The Morgan fingerprint density at radius 1 is 0.977 bits per heavy atom. The lowest BCUT2D eigenvalue weighted by Crippen LogP contribution is -2.55. The summed E-state index contributed by atoms with van der Waals surface area (Å²) >= 11 is 1.63. The zero-order valence-electron chi connectivity index (χ0n) is 25.2. The van der Waals surface area contributed by atoms with Crippen LogP contribution in [0, 0.1) is 24.0 Å². The normalized spacial score (nSPS) is 14.9. The van der Waals surface area contributed by atoms with Crippen molar-refractivity contribution < 1.29 is 14.5 Å². The van der Waals surface area contributed by atoms with Gasteiger partial charge in [-0.25, -0.2) is 0 Å². The number of benzene rings is 3. The van der Waals surface area contributed by atoms with E-state index in [0.717, 1.165) is 40.8 Å². The van der Waals surface area contributed by atoms with E-state index in [2.05, 4.69) is 46.0 Å². The third-order valence-corrected chi connectivity index (χ3v) is 8.88. The van der Waals surface area contributed by atoms with Crippen LogP contribution in [0.5, 0.6) is 0 Å². The molecule has 4 aromatic rings. The van der Waals surface area contributed by atoms with Crippen LogP contribution < -0.4 is 0 Å². The van der Waals surface area contributed by atoms with Gasteiger partial charge in [-0.3, -0.25) is 24.3 Å². The van der Waals surface area contributed by atoms with Gasteiger partial charge in [0.2, 0.25) is 5.91 Å². The summed E-state index contributed by atoms with van der Waals surface area (Å²) in [6, 6.07) is 22.7. The number of carbonyl (C=O) groups excluding carboxylic acids is 2. The van der Waals surface area contributed by atoms with Crippen LogP contribution in [0.1, 0.15) is 47.7 Å². The van der Waals surface area contributed by atoms with Crippen LogP contribution in [0.15, 0.2) is 78.0 Å². The Morgan fingerprint density at radius 3 is 2.43 bits per heavy atom. The molecule has 1 aromatic heterocycles. The van der Waals surface area contributed by atoms with Gasteiger partial charge >= 0.3 is 0 Å². The number of nitro groups is 1. The van der Waals surface area contributed by atoms with Crippen LogP contribution in [0.2, 0.25) is 0 Å². The Labute approximate surface area is 261 Å². The van der Waals surface area contributed by atoms with Crippen molar-refractivity contribution in [1.29, 1.82) is 0 Å². The summed E-state index contributed by atoms with van der Waals surface area (Å²) in [5.41, 5.74) is 3.92. The van der Waals surface area contributed by atoms with E-state index in [0.29, 0.717) is 37.2 Å². The molecule has 1 fully saturated rings. The van der Waals surface area contributed by atoms with E-state index in [1.54, 1.807) is 35.7 Å². The molecule has 11 heteroatoms. The Morgan fingerprint density at radius 2 is 1.73 bits per heavy atom. The lowest BCUT2D eigenvalue weighted by molar-refractivity contribution is -0.385. The van der Waals surface area contributed by atoms with E-state index in [1.165, 1.54) is 11.6 Å². The number of carbonyl (C=O) groups is 2.